The topological polar surface area (TPSA) is 94.1 Å². The molecule has 0 fully saturated rings. The summed E-state index contributed by atoms with van der Waals surface area (Å²) in [6, 6.07) is 10.7. The number of aryl methyl sites for hydroxylation is 1. The lowest BCUT2D eigenvalue weighted by molar-refractivity contribution is 0.0904. The van der Waals surface area contributed by atoms with Crippen LogP contribution in [0.3, 0.4) is 0 Å². The Balaban J connectivity index is 1.81. The highest BCUT2D eigenvalue weighted by Gasteiger charge is 2.26. The van der Waals surface area contributed by atoms with Crippen molar-refractivity contribution < 1.29 is 13.8 Å². The van der Waals surface area contributed by atoms with E-state index in [1.165, 1.54) is 0 Å². The van der Waals surface area contributed by atoms with Crippen LogP contribution >= 0.6 is 0 Å². The summed E-state index contributed by atoms with van der Waals surface area (Å²) in [5.74, 6) is 1.14. The summed E-state index contributed by atoms with van der Waals surface area (Å²) in [6.45, 7) is 5.66. The maximum Gasteiger partial charge on any atom is 0.274 e. The highest BCUT2D eigenvalue weighted by atomic mass is 16.5. The predicted octanol–water partition coefficient (Wildman–Crippen LogP) is 3.16. The molecule has 124 valence electrons. The van der Waals surface area contributed by atoms with Gasteiger partial charge in [0.15, 0.2) is 5.69 Å². The van der Waals surface area contributed by atoms with Crippen molar-refractivity contribution in [2.24, 2.45) is 5.92 Å². The normalized spacial score (nSPS) is 12.3. The summed E-state index contributed by atoms with van der Waals surface area (Å²) >= 11 is 0. The highest BCUT2D eigenvalue weighted by molar-refractivity contribution is 5.92. The molecule has 3 rings (SSSR count). The molecule has 3 aromatic rings. The summed E-state index contributed by atoms with van der Waals surface area (Å²) in [6.07, 6.45) is 0. The third kappa shape index (κ3) is 3.34. The largest absolute Gasteiger partial charge is 0.361 e. The molecule has 2 heterocycles. The Morgan fingerprint density at radius 2 is 1.88 bits per heavy atom. The third-order valence-corrected chi connectivity index (χ3v) is 3.55. The van der Waals surface area contributed by atoms with Crippen LogP contribution < -0.4 is 5.32 Å². The Hall–Kier alpha value is -2.96. The number of amides is 1. The van der Waals surface area contributed by atoms with Crippen molar-refractivity contribution in [1.82, 2.24) is 20.6 Å². The molecule has 0 radical (unpaired) electrons. The summed E-state index contributed by atoms with van der Waals surface area (Å²) in [5, 5.41) is 10.6. The SMILES string of the molecule is Cc1cc(C(=O)N[C@H](c2nc(-c3ccccc3)no2)C(C)C)no1. The molecule has 0 unspecified atom stereocenters. The molecule has 2 aromatic heterocycles. The van der Waals surface area contributed by atoms with E-state index in [1.54, 1.807) is 13.0 Å². The Bertz CT molecular complexity index is 823. The van der Waals surface area contributed by atoms with Gasteiger partial charge in [0.1, 0.15) is 11.8 Å². The van der Waals surface area contributed by atoms with Crippen molar-refractivity contribution in [2.75, 3.05) is 0 Å². The van der Waals surface area contributed by atoms with Crippen molar-refractivity contribution in [1.29, 1.82) is 0 Å². The van der Waals surface area contributed by atoms with Gasteiger partial charge in [0, 0.05) is 11.6 Å². The second kappa shape index (κ2) is 6.66. The average molecular weight is 326 g/mol. The predicted molar refractivity (Wildman–Crippen MR) is 86.0 cm³/mol. The second-order valence-corrected chi connectivity index (χ2v) is 5.84. The first-order chi connectivity index (χ1) is 11.5. The van der Waals surface area contributed by atoms with Gasteiger partial charge in [-0.15, -0.1) is 0 Å². The van der Waals surface area contributed by atoms with Gasteiger partial charge in [0.05, 0.1) is 0 Å². The first-order valence-electron chi connectivity index (χ1n) is 7.68. The number of nitrogens with zero attached hydrogens (tertiary/aromatic N) is 3. The van der Waals surface area contributed by atoms with E-state index in [2.05, 4.69) is 20.6 Å². The minimum Gasteiger partial charge on any atom is -0.361 e. The van der Waals surface area contributed by atoms with Gasteiger partial charge in [-0.3, -0.25) is 4.79 Å². The number of rotatable bonds is 5. The highest BCUT2D eigenvalue weighted by Crippen LogP contribution is 2.23. The Labute approximate surface area is 139 Å². The van der Waals surface area contributed by atoms with Crippen LogP contribution in [0.25, 0.3) is 11.4 Å². The lowest BCUT2D eigenvalue weighted by Gasteiger charge is -2.17. The zero-order chi connectivity index (χ0) is 17.1. The molecule has 7 nitrogen and oxygen atoms in total. The van der Waals surface area contributed by atoms with Crippen molar-refractivity contribution in [3.05, 3.63) is 53.7 Å². The number of carbonyl (C=O) groups excluding carboxylic acids is 1. The molecule has 7 heteroatoms. The van der Waals surface area contributed by atoms with E-state index in [0.29, 0.717) is 17.5 Å². The van der Waals surface area contributed by atoms with Gasteiger partial charge in [0.2, 0.25) is 11.7 Å². The number of hydrogen-bond acceptors (Lipinski definition) is 6. The second-order valence-electron chi connectivity index (χ2n) is 5.84. The molecule has 1 amide bonds. The van der Waals surface area contributed by atoms with Gasteiger partial charge in [-0.25, -0.2) is 0 Å². The Morgan fingerprint density at radius 1 is 1.12 bits per heavy atom. The van der Waals surface area contributed by atoms with E-state index in [0.717, 1.165) is 5.56 Å². The standard InChI is InChI=1S/C17H18N4O3/c1-10(2)14(18-16(22)13-9-11(3)23-20-13)17-19-15(21-24-17)12-7-5-4-6-8-12/h4-10,14H,1-3H3,(H,18,22)/t14-/m0/s1. The molecule has 1 N–H and O–H groups in total. The Kier molecular flexibility index (Phi) is 4.41. The van der Waals surface area contributed by atoms with E-state index >= 15 is 0 Å². The summed E-state index contributed by atoms with van der Waals surface area (Å²) in [7, 11) is 0. The first kappa shape index (κ1) is 15.9. The van der Waals surface area contributed by atoms with Crippen LogP contribution in [0.2, 0.25) is 0 Å². The first-order valence-corrected chi connectivity index (χ1v) is 7.68. The average Bonchev–Trinajstić information content (AvgIpc) is 3.22. The van der Waals surface area contributed by atoms with Gasteiger partial charge in [0.25, 0.3) is 5.91 Å². The third-order valence-electron chi connectivity index (χ3n) is 3.55. The molecule has 1 aromatic carbocycles. The number of benzene rings is 1. The van der Waals surface area contributed by atoms with Gasteiger partial charge in [-0.05, 0) is 12.8 Å². The Morgan fingerprint density at radius 3 is 2.50 bits per heavy atom. The fourth-order valence-corrected chi connectivity index (χ4v) is 2.27. The van der Waals surface area contributed by atoms with E-state index in [9.17, 15) is 4.79 Å². The molecule has 0 bridgehead atoms. The molecule has 0 saturated heterocycles. The zero-order valence-corrected chi connectivity index (χ0v) is 13.7. The molecule has 1 atom stereocenters. The summed E-state index contributed by atoms with van der Waals surface area (Å²) in [4.78, 5) is 16.7. The maximum atomic E-state index is 12.3. The number of carbonyl (C=O) groups is 1. The van der Waals surface area contributed by atoms with Crippen molar-refractivity contribution >= 4 is 5.91 Å². The summed E-state index contributed by atoms with van der Waals surface area (Å²) in [5.41, 5.74) is 1.08. The van der Waals surface area contributed by atoms with Crippen LogP contribution in [0.4, 0.5) is 0 Å². The van der Waals surface area contributed by atoms with E-state index in [1.807, 2.05) is 44.2 Å². The molecular weight excluding hydrogens is 308 g/mol. The lowest BCUT2D eigenvalue weighted by Crippen LogP contribution is -2.32. The van der Waals surface area contributed by atoms with E-state index < -0.39 is 6.04 Å². The van der Waals surface area contributed by atoms with Crippen LogP contribution in [0.1, 0.15) is 42.0 Å². The number of hydrogen-bond donors (Lipinski definition) is 1. The van der Waals surface area contributed by atoms with Crippen LogP contribution in [0.5, 0.6) is 0 Å². The smallest absolute Gasteiger partial charge is 0.274 e. The van der Waals surface area contributed by atoms with Crippen LogP contribution in [-0.2, 0) is 0 Å². The van der Waals surface area contributed by atoms with E-state index in [4.69, 9.17) is 9.05 Å². The fraction of sp³-hybridized carbons (Fsp3) is 0.294. The van der Waals surface area contributed by atoms with E-state index in [-0.39, 0.29) is 17.5 Å². The molecule has 0 aliphatic carbocycles. The van der Waals surface area contributed by atoms with Gasteiger partial charge in [-0.2, -0.15) is 4.98 Å². The monoisotopic (exact) mass is 326 g/mol. The molecule has 0 aliphatic rings. The molecule has 0 saturated carbocycles. The summed E-state index contributed by atoms with van der Waals surface area (Å²) < 4.78 is 10.3. The fourth-order valence-electron chi connectivity index (χ4n) is 2.27. The van der Waals surface area contributed by atoms with Gasteiger partial charge in [-0.1, -0.05) is 54.5 Å². The minimum absolute atomic E-state index is 0.0611. The van der Waals surface area contributed by atoms with Gasteiger partial charge >= 0.3 is 0 Å². The zero-order valence-electron chi connectivity index (χ0n) is 13.7. The molecule has 0 aliphatic heterocycles. The maximum absolute atomic E-state index is 12.3. The van der Waals surface area contributed by atoms with Crippen LogP contribution in [0.15, 0.2) is 45.4 Å². The molecule has 24 heavy (non-hydrogen) atoms. The van der Waals surface area contributed by atoms with Crippen LogP contribution in [0, 0.1) is 12.8 Å². The number of nitrogens with one attached hydrogen (secondary N) is 1. The minimum atomic E-state index is -0.417. The van der Waals surface area contributed by atoms with Gasteiger partial charge < -0.3 is 14.4 Å². The lowest BCUT2D eigenvalue weighted by atomic mass is 10.0. The van der Waals surface area contributed by atoms with Crippen molar-refractivity contribution in [3.63, 3.8) is 0 Å². The van der Waals surface area contributed by atoms with Crippen molar-refractivity contribution in [2.45, 2.75) is 26.8 Å². The van der Waals surface area contributed by atoms with Crippen molar-refractivity contribution in [3.8, 4) is 11.4 Å². The van der Waals surface area contributed by atoms with Crippen LogP contribution in [-0.4, -0.2) is 21.2 Å². The molecular formula is C17H18N4O3. The molecule has 0 spiro atoms. The quantitative estimate of drug-likeness (QED) is 0.774. The number of aromatic nitrogens is 3.